The van der Waals surface area contributed by atoms with Crippen molar-refractivity contribution in [2.45, 2.75) is 49.9 Å². The maximum Gasteiger partial charge on any atom is 0.252 e. The molecule has 2 aliphatic rings. The van der Waals surface area contributed by atoms with Crippen LogP contribution >= 0.6 is 0 Å². The number of hydrogen-bond acceptors (Lipinski definition) is 7. The standard InChI is InChI=1S/C36H34N8O4/c37-43-39-23-28-11-4-3-10-27(28)22-36(35(46)40-29-20-25-8-1-2-9-26(25)21-29)33(31-12-5-6-13-32(31)42-44-38)48-34(41-36)24-14-16-30(17-15-24)47-19-7-18-45/h1-6,8-17,29,33,45H,7,18-23H2,(H,40,46)/t33-,36-/m1/s1. The summed E-state index contributed by atoms with van der Waals surface area (Å²) in [5.41, 5.74) is 22.3. The molecule has 6 rings (SSSR count). The number of fused-ring (bicyclic) bond motifs is 1. The van der Waals surface area contributed by atoms with Crippen LogP contribution in [0.25, 0.3) is 20.9 Å². The highest BCUT2D eigenvalue weighted by Crippen LogP contribution is 2.46. The fourth-order valence-electron chi connectivity index (χ4n) is 6.36. The Balaban J connectivity index is 1.46. The predicted octanol–water partition coefficient (Wildman–Crippen LogP) is 6.98. The lowest BCUT2D eigenvalue weighted by molar-refractivity contribution is -0.129. The summed E-state index contributed by atoms with van der Waals surface area (Å²) in [7, 11) is 0. The van der Waals surface area contributed by atoms with Gasteiger partial charge >= 0.3 is 0 Å². The van der Waals surface area contributed by atoms with Crippen molar-refractivity contribution in [3.8, 4) is 5.75 Å². The van der Waals surface area contributed by atoms with E-state index in [1.807, 2.05) is 36.4 Å². The number of aliphatic hydroxyl groups is 1. The first-order chi connectivity index (χ1) is 23.5. The Kier molecular flexibility index (Phi) is 9.88. The Morgan fingerprint density at radius 3 is 2.33 bits per heavy atom. The third kappa shape index (κ3) is 6.82. The van der Waals surface area contributed by atoms with E-state index in [4.69, 9.17) is 25.1 Å². The SMILES string of the molecule is [N-]=[N+]=NCc1ccccc1C[C@@]1(C(=O)NC2Cc3ccccc3C2)N=C(c2ccc(OCCCO)cc2)O[C@@H]1c1ccccc1N=[N+]=[N-]. The van der Waals surface area contributed by atoms with E-state index in [1.165, 1.54) is 11.1 Å². The molecule has 1 amide bonds. The Bertz CT molecular complexity index is 1890. The lowest BCUT2D eigenvalue weighted by Crippen LogP contribution is -2.53. The molecule has 0 saturated carbocycles. The molecular formula is C36H34N8O4. The van der Waals surface area contributed by atoms with Crippen molar-refractivity contribution in [2.24, 2.45) is 15.2 Å². The van der Waals surface area contributed by atoms with Crippen LogP contribution in [0.4, 0.5) is 5.69 Å². The molecule has 242 valence electrons. The molecule has 4 aromatic rings. The van der Waals surface area contributed by atoms with Crippen molar-refractivity contribution in [1.82, 2.24) is 5.32 Å². The van der Waals surface area contributed by atoms with E-state index in [0.717, 1.165) is 11.1 Å². The number of carbonyl (C=O) groups is 1. The third-order valence-electron chi connectivity index (χ3n) is 8.67. The van der Waals surface area contributed by atoms with Gasteiger partial charge in [-0.1, -0.05) is 83.0 Å². The molecule has 12 nitrogen and oxygen atoms in total. The summed E-state index contributed by atoms with van der Waals surface area (Å²) in [6.45, 7) is 0.497. The van der Waals surface area contributed by atoms with Crippen LogP contribution in [0, 0.1) is 0 Å². The van der Waals surface area contributed by atoms with Crippen LogP contribution in [-0.2, 0) is 35.3 Å². The fraction of sp³-hybridized carbons (Fsp3) is 0.278. The highest BCUT2D eigenvalue weighted by molar-refractivity contribution is 6.01. The average Bonchev–Trinajstić information content (AvgIpc) is 3.70. The van der Waals surface area contributed by atoms with E-state index in [9.17, 15) is 10.3 Å². The van der Waals surface area contributed by atoms with Crippen LogP contribution in [0.3, 0.4) is 0 Å². The Hall–Kier alpha value is -5.80. The number of benzene rings is 4. The van der Waals surface area contributed by atoms with Crippen LogP contribution in [-0.4, -0.2) is 41.7 Å². The van der Waals surface area contributed by atoms with E-state index >= 15 is 0 Å². The number of amides is 1. The second kappa shape index (κ2) is 14.7. The van der Waals surface area contributed by atoms with Gasteiger partial charge in [0.1, 0.15) is 5.75 Å². The van der Waals surface area contributed by atoms with Crippen LogP contribution in [0.2, 0.25) is 0 Å². The van der Waals surface area contributed by atoms with Crippen molar-refractivity contribution >= 4 is 17.5 Å². The fourth-order valence-corrected chi connectivity index (χ4v) is 6.36. The van der Waals surface area contributed by atoms with Gasteiger partial charge in [0.15, 0.2) is 11.6 Å². The van der Waals surface area contributed by atoms with Crippen molar-refractivity contribution in [3.63, 3.8) is 0 Å². The highest BCUT2D eigenvalue weighted by atomic mass is 16.5. The Morgan fingerprint density at radius 2 is 1.62 bits per heavy atom. The van der Waals surface area contributed by atoms with Crippen LogP contribution in [0.1, 0.15) is 45.9 Å². The number of carbonyl (C=O) groups excluding carboxylic acids is 1. The molecule has 2 N–H and O–H groups in total. The second-order valence-electron chi connectivity index (χ2n) is 11.7. The monoisotopic (exact) mass is 642 g/mol. The van der Waals surface area contributed by atoms with Crippen LogP contribution in [0.15, 0.2) is 112 Å². The molecule has 1 aliphatic heterocycles. The minimum absolute atomic E-state index is 0.0323. The summed E-state index contributed by atoms with van der Waals surface area (Å²) in [6, 6.07) is 29.7. The number of aliphatic imine (C=N–C) groups is 1. The molecule has 0 fully saturated rings. The van der Waals surface area contributed by atoms with E-state index < -0.39 is 11.6 Å². The number of ether oxygens (including phenoxy) is 2. The number of hydrogen-bond donors (Lipinski definition) is 2. The lowest BCUT2D eigenvalue weighted by atomic mass is 9.80. The van der Waals surface area contributed by atoms with Gasteiger partial charge in [-0.05, 0) is 70.4 Å². The molecule has 0 radical (unpaired) electrons. The lowest BCUT2D eigenvalue weighted by Gasteiger charge is -2.33. The Morgan fingerprint density at radius 1 is 0.938 bits per heavy atom. The van der Waals surface area contributed by atoms with Gasteiger partial charge in [-0.2, -0.15) is 0 Å². The first kappa shape index (κ1) is 32.2. The summed E-state index contributed by atoms with van der Waals surface area (Å²) in [6.07, 6.45) is 0.998. The largest absolute Gasteiger partial charge is 0.494 e. The molecule has 0 bridgehead atoms. The zero-order chi connectivity index (χ0) is 33.3. The minimum atomic E-state index is -1.55. The van der Waals surface area contributed by atoms with Crippen molar-refractivity contribution in [1.29, 1.82) is 0 Å². The van der Waals surface area contributed by atoms with Crippen LogP contribution in [0.5, 0.6) is 5.75 Å². The van der Waals surface area contributed by atoms with E-state index in [1.54, 1.807) is 48.5 Å². The molecule has 12 heteroatoms. The molecule has 0 saturated heterocycles. The van der Waals surface area contributed by atoms with Gasteiger partial charge in [-0.3, -0.25) is 4.79 Å². The molecule has 0 unspecified atom stereocenters. The van der Waals surface area contributed by atoms with E-state index in [-0.39, 0.29) is 37.4 Å². The maximum absolute atomic E-state index is 14.9. The summed E-state index contributed by atoms with van der Waals surface area (Å²) in [5.74, 6) is 0.529. The quantitative estimate of drug-likeness (QED) is 0.0692. The maximum atomic E-state index is 14.9. The van der Waals surface area contributed by atoms with E-state index in [2.05, 4.69) is 37.5 Å². The zero-order valence-electron chi connectivity index (χ0n) is 26.1. The first-order valence-corrected chi connectivity index (χ1v) is 15.7. The molecule has 0 spiro atoms. The normalized spacial score (nSPS) is 18.1. The third-order valence-corrected chi connectivity index (χ3v) is 8.67. The van der Waals surface area contributed by atoms with Gasteiger partial charge in [0, 0.05) is 52.1 Å². The summed E-state index contributed by atoms with van der Waals surface area (Å²) in [4.78, 5) is 26.0. The molecule has 1 heterocycles. The number of nitrogens with zero attached hydrogens (tertiary/aromatic N) is 7. The van der Waals surface area contributed by atoms with Gasteiger partial charge in [0.05, 0.1) is 13.2 Å². The van der Waals surface area contributed by atoms with Gasteiger partial charge in [-0.15, -0.1) is 0 Å². The predicted molar refractivity (Wildman–Crippen MR) is 181 cm³/mol. The summed E-state index contributed by atoms with van der Waals surface area (Å²) in [5, 5.41) is 20.1. The second-order valence-corrected chi connectivity index (χ2v) is 11.7. The van der Waals surface area contributed by atoms with Gasteiger partial charge in [0.25, 0.3) is 5.91 Å². The molecule has 4 aromatic carbocycles. The molecule has 1 aliphatic carbocycles. The van der Waals surface area contributed by atoms with Crippen molar-refractivity contribution in [3.05, 3.63) is 151 Å². The number of rotatable bonds is 13. The average molecular weight is 643 g/mol. The molecule has 48 heavy (non-hydrogen) atoms. The zero-order valence-corrected chi connectivity index (χ0v) is 26.1. The first-order valence-electron chi connectivity index (χ1n) is 15.7. The molecular weight excluding hydrogens is 608 g/mol. The molecule has 0 aromatic heterocycles. The summed E-state index contributed by atoms with van der Waals surface area (Å²) < 4.78 is 12.4. The van der Waals surface area contributed by atoms with E-state index in [0.29, 0.717) is 48.4 Å². The van der Waals surface area contributed by atoms with Gasteiger partial charge < -0.3 is 19.9 Å². The van der Waals surface area contributed by atoms with Crippen LogP contribution < -0.4 is 10.1 Å². The van der Waals surface area contributed by atoms with Crippen molar-refractivity contribution < 1.29 is 19.4 Å². The minimum Gasteiger partial charge on any atom is -0.494 e. The van der Waals surface area contributed by atoms with Gasteiger partial charge in [-0.25, -0.2) is 4.99 Å². The number of azide groups is 2. The highest BCUT2D eigenvalue weighted by Gasteiger charge is 2.54. The Labute approximate surface area is 277 Å². The topological polar surface area (TPSA) is 178 Å². The summed E-state index contributed by atoms with van der Waals surface area (Å²) >= 11 is 0. The molecule has 2 atom stereocenters. The number of aliphatic hydroxyl groups excluding tert-OH is 1. The smallest absolute Gasteiger partial charge is 0.252 e. The van der Waals surface area contributed by atoms with Gasteiger partial charge in [0.2, 0.25) is 5.90 Å². The number of nitrogens with one attached hydrogen (secondary N) is 1. The van der Waals surface area contributed by atoms with Crippen molar-refractivity contribution in [2.75, 3.05) is 13.2 Å².